The van der Waals surface area contributed by atoms with Gasteiger partial charge >= 0.3 is 5.97 Å². The second-order valence-corrected chi connectivity index (χ2v) is 6.67. The summed E-state index contributed by atoms with van der Waals surface area (Å²) in [6.45, 7) is 8.81. The Balaban J connectivity index is 2.34. The second-order valence-electron chi connectivity index (χ2n) is 6.67. The maximum atomic E-state index is 11.2. The van der Waals surface area contributed by atoms with Crippen LogP contribution in [0.1, 0.15) is 64.7 Å². The van der Waals surface area contributed by atoms with Gasteiger partial charge in [-0.25, -0.2) is 4.68 Å². The molecule has 0 aliphatic carbocycles. The van der Waals surface area contributed by atoms with Crippen LogP contribution in [0.25, 0.3) is 0 Å². The predicted octanol–water partition coefficient (Wildman–Crippen LogP) is 2.02. The zero-order valence-electron chi connectivity index (χ0n) is 13.1. The van der Waals surface area contributed by atoms with Gasteiger partial charge < -0.3 is 9.84 Å². The minimum atomic E-state index is -0.842. The fourth-order valence-corrected chi connectivity index (χ4v) is 2.94. The molecule has 3 unspecified atom stereocenters. The number of aromatic nitrogens is 4. The lowest BCUT2D eigenvalue weighted by Gasteiger charge is -2.31. The number of hydrogen-bond donors (Lipinski definition) is 1. The summed E-state index contributed by atoms with van der Waals surface area (Å²) in [5.74, 6) is 0.0512. The highest BCUT2D eigenvalue weighted by molar-refractivity contribution is 5.67. The molecule has 3 atom stereocenters. The maximum Gasteiger partial charge on any atom is 0.305 e. The molecule has 0 aromatic carbocycles. The first-order valence-corrected chi connectivity index (χ1v) is 7.45. The number of rotatable bonds is 5. The van der Waals surface area contributed by atoms with Crippen LogP contribution in [0.2, 0.25) is 0 Å². The lowest BCUT2D eigenvalue weighted by atomic mass is 9.84. The van der Waals surface area contributed by atoms with Crippen LogP contribution in [-0.2, 0) is 9.53 Å². The van der Waals surface area contributed by atoms with Gasteiger partial charge in [-0.15, -0.1) is 5.10 Å². The van der Waals surface area contributed by atoms with Crippen LogP contribution < -0.4 is 0 Å². The minimum absolute atomic E-state index is 0.00586. The molecule has 1 aliphatic heterocycles. The molecule has 0 radical (unpaired) electrons. The van der Waals surface area contributed by atoms with Gasteiger partial charge in [-0.1, -0.05) is 27.7 Å². The van der Waals surface area contributed by atoms with Crippen LogP contribution in [0.4, 0.5) is 0 Å². The molecule has 118 valence electrons. The summed E-state index contributed by atoms with van der Waals surface area (Å²) in [4.78, 5) is 11.2. The number of carboxylic acids is 1. The molecule has 1 aromatic rings. The molecule has 0 bridgehead atoms. The fourth-order valence-electron chi connectivity index (χ4n) is 2.94. The van der Waals surface area contributed by atoms with Crippen molar-refractivity contribution in [2.45, 2.75) is 65.0 Å². The third kappa shape index (κ3) is 3.40. The zero-order chi connectivity index (χ0) is 15.6. The highest BCUT2D eigenvalue weighted by Crippen LogP contribution is 2.37. The topological polar surface area (TPSA) is 90.1 Å². The van der Waals surface area contributed by atoms with Gasteiger partial charge in [-0.05, 0) is 28.7 Å². The summed E-state index contributed by atoms with van der Waals surface area (Å²) in [6, 6.07) is -0.280. The molecule has 0 saturated carbocycles. The molecule has 1 N–H and O–H groups in total. The Morgan fingerprint density at radius 3 is 2.81 bits per heavy atom. The van der Waals surface area contributed by atoms with Crippen molar-refractivity contribution < 1.29 is 14.6 Å². The quantitative estimate of drug-likeness (QED) is 0.894. The SMILES string of the molecule is CCC1OCCC1c1nnnn1C(CC(=O)O)C(C)(C)C. The largest absolute Gasteiger partial charge is 0.481 e. The molecular formula is C14H24N4O3. The standard InChI is InChI=1S/C14H24N4O3/c1-5-10-9(6-7-21-10)13-15-16-17-18(13)11(8-12(19)20)14(2,3)4/h9-11H,5-8H2,1-4H3,(H,19,20). The van der Waals surface area contributed by atoms with E-state index in [0.29, 0.717) is 6.61 Å². The molecule has 21 heavy (non-hydrogen) atoms. The summed E-state index contributed by atoms with van der Waals surface area (Å²) in [7, 11) is 0. The fraction of sp³-hybridized carbons (Fsp3) is 0.857. The molecule has 2 rings (SSSR count). The monoisotopic (exact) mass is 296 g/mol. The Kier molecular flexibility index (Phi) is 4.61. The highest BCUT2D eigenvalue weighted by atomic mass is 16.5. The van der Waals surface area contributed by atoms with E-state index in [1.165, 1.54) is 0 Å². The normalized spacial score (nSPS) is 24.2. The van der Waals surface area contributed by atoms with Crippen LogP contribution in [0.5, 0.6) is 0 Å². The first kappa shape index (κ1) is 15.9. The molecule has 7 nitrogen and oxygen atoms in total. The summed E-state index contributed by atoms with van der Waals surface area (Å²) in [6.07, 6.45) is 1.89. The summed E-state index contributed by atoms with van der Waals surface area (Å²) in [5, 5.41) is 21.2. The Morgan fingerprint density at radius 2 is 2.24 bits per heavy atom. The molecule has 1 fully saturated rings. The van der Waals surface area contributed by atoms with E-state index in [0.717, 1.165) is 18.7 Å². The number of carbonyl (C=O) groups is 1. The second kappa shape index (κ2) is 6.09. The minimum Gasteiger partial charge on any atom is -0.481 e. The van der Waals surface area contributed by atoms with Crippen LogP contribution in [0, 0.1) is 5.41 Å². The van der Waals surface area contributed by atoms with E-state index in [2.05, 4.69) is 22.4 Å². The van der Waals surface area contributed by atoms with Crippen LogP contribution in [0.3, 0.4) is 0 Å². The lowest BCUT2D eigenvalue weighted by molar-refractivity contribution is -0.138. The zero-order valence-corrected chi connectivity index (χ0v) is 13.1. The Morgan fingerprint density at radius 1 is 1.52 bits per heavy atom. The van der Waals surface area contributed by atoms with E-state index < -0.39 is 5.97 Å². The van der Waals surface area contributed by atoms with Gasteiger partial charge in [0.05, 0.1) is 18.6 Å². The molecule has 2 heterocycles. The third-order valence-electron chi connectivity index (χ3n) is 4.12. The number of carboxylic acid groups (broad SMARTS) is 1. The summed E-state index contributed by atoms with van der Waals surface area (Å²) < 4.78 is 7.42. The van der Waals surface area contributed by atoms with Crippen molar-refractivity contribution in [1.29, 1.82) is 0 Å². The lowest BCUT2D eigenvalue weighted by Crippen LogP contribution is -2.31. The smallest absolute Gasteiger partial charge is 0.305 e. The Hall–Kier alpha value is -1.50. The van der Waals surface area contributed by atoms with Gasteiger partial charge in [0.15, 0.2) is 5.82 Å². The van der Waals surface area contributed by atoms with E-state index in [1.54, 1.807) is 4.68 Å². The van der Waals surface area contributed by atoms with Gasteiger partial charge in [0.1, 0.15) is 0 Å². The molecule has 0 amide bonds. The molecule has 1 aliphatic rings. The van der Waals surface area contributed by atoms with Crippen LogP contribution in [0.15, 0.2) is 0 Å². The van der Waals surface area contributed by atoms with Gasteiger partial charge in [-0.3, -0.25) is 4.79 Å². The van der Waals surface area contributed by atoms with Gasteiger partial charge in [-0.2, -0.15) is 0 Å². The molecular weight excluding hydrogens is 272 g/mol. The highest BCUT2D eigenvalue weighted by Gasteiger charge is 2.37. The van der Waals surface area contributed by atoms with Gasteiger partial charge in [0.2, 0.25) is 0 Å². The van der Waals surface area contributed by atoms with Crippen molar-refractivity contribution in [3.05, 3.63) is 5.82 Å². The average molecular weight is 296 g/mol. The Labute approximate surface area is 124 Å². The average Bonchev–Trinajstić information content (AvgIpc) is 3.02. The van der Waals surface area contributed by atoms with Crippen molar-refractivity contribution in [2.75, 3.05) is 6.61 Å². The predicted molar refractivity (Wildman–Crippen MR) is 76.0 cm³/mol. The Bertz CT molecular complexity index is 495. The van der Waals surface area contributed by atoms with Crippen molar-refractivity contribution in [3.8, 4) is 0 Å². The molecule has 7 heteroatoms. The number of nitrogens with zero attached hydrogens (tertiary/aromatic N) is 4. The maximum absolute atomic E-state index is 11.2. The molecule has 0 spiro atoms. The van der Waals surface area contributed by atoms with Crippen LogP contribution >= 0.6 is 0 Å². The number of ether oxygens (including phenoxy) is 1. The van der Waals surface area contributed by atoms with Crippen molar-refractivity contribution in [3.63, 3.8) is 0 Å². The summed E-state index contributed by atoms with van der Waals surface area (Å²) in [5.41, 5.74) is -0.246. The van der Waals surface area contributed by atoms with E-state index in [-0.39, 0.29) is 29.9 Å². The van der Waals surface area contributed by atoms with Crippen molar-refractivity contribution >= 4 is 5.97 Å². The number of tetrazole rings is 1. The first-order chi connectivity index (χ1) is 9.84. The van der Waals surface area contributed by atoms with E-state index in [4.69, 9.17) is 4.74 Å². The molecule has 1 saturated heterocycles. The van der Waals surface area contributed by atoms with E-state index in [9.17, 15) is 9.90 Å². The summed E-state index contributed by atoms with van der Waals surface area (Å²) >= 11 is 0. The van der Waals surface area contributed by atoms with Gasteiger partial charge in [0, 0.05) is 12.5 Å². The molecule has 1 aromatic heterocycles. The van der Waals surface area contributed by atoms with Crippen LogP contribution in [-0.4, -0.2) is 44.0 Å². The third-order valence-corrected chi connectivity index (χ3v) is 4.12. The van der Waals surface area contributed by atoms with Gasteiger partial charge in [0.25, 0.3) is 0 Å². The number of hydrogen-bond acceptors (Lipinski definition) is 5. The first-order valence-electron chi connectivity index (χ1n) is 7.45. The number of aliphatic carboxylic acids is 1. The van der Waals surface area contributed by atoms with Crippen molar-refractivity contribution in [2.24, 2.45) is 5.41 Å². The van der Waals surface area contributed by atoms with E-state index in [1.807, 2.05) is 20.8 Å². The van der Waals surface area contributed by atoms with E-state index >= 15 is 0 Å². The van der Waals surface area contributed by atoms with Crippen molar-refractivity contribution in [1.82, 2.24) is 20.2 Å².